The third kappa shape index (κ3) is 9.69. The summed E-state index contributed by atoms with van der Waals surface area (Å²) < 4.78 is 5.43. The highest BCUT2D eigenvalue weighted by atomic mass is 16.6. The molecule has 40 heavy (non-hydrogen) atoms. The van der Waals surface area contributed by atoms with E-state index < -0.39 is 41.9 Å². The fourth-order valence-corrected chi connectivity index (χ4v) is 4.75. The molecule has 11 nitrogen and oxygen atoms in total. The van der Waals surface area contributed by atoms with E-state index in [4.69, 9.17) is 4.74 Å². The Hall–Kier alpha value is -3.89. The van der Waals surface area contributed by atoms with Crippen molar-refractivity contribution >= 4 is 29.8 Å². The molecule has 0 spiro atoms. The van der Waals surface area contributed by atoms with Crippen LogP contribution >= 0.6 is 0 Å². The number of benzene rings is 1. The highest BCUT2D eigenvalue weighted by Crippen LogP contribution is 2.22. The monoisotopic (exact) mass is 556 g/mol. The third-order valence-corrected chi connectivity index (χ3v) is 6.84. The number of ether oxygens (including phenoxy) is 1. The van der Waals surface area contributed by atoms with Crippen molar-refractivity contribution in [1.82, 2.24) is 20.4 Å². The van der Waals surface area contributed by atoms with E-state index in [2.05, 4.69) is 10.6 Å². The van der Waals surface area contributed by atoms with Crippen LogP contribution in [-0.4, -0.2) is 82.6 Å². The third-order valence-electron chi connectivity index (χ3n) is 6.84. The van der Waals surface area contributed by atoms with Crippen molar-refractivity contribution < 1.29 is 33.8 Å². The summed E-state index contributed by atoms with van der Waals surface area (Å²) >= 11 is 0. The molecule has 0 aliphatic carbocycles. The number of carbonyl (C=O) groups is 5. The highest BCUT2D eigenvalue weighted by molar-refractivity contribution is 5.95. The maximum Gasteiger partial charge on any atom is 0.410 e. The molecule has 3 rings (SSSR count). The molecular formula is C29H40N4O7. The van der Waals surface area contributed by atoms with Gasteiger partial charge in [0.25, 0.3) is 5.91 Å². The summed E-state index contributed by atoms with van der Waals surface area (Å²) in [5.74, 6) is -2.61. The summed E-state index contributed by atoms with van der Waals surface area (Å²) in [4.78, 5) is 65.3. The van der Waals surface area contributed by atoms with E-state index in [0.29, 0.717) is 38.0 Å². The van der Waals surface area contributed by atoms with Gasteiger partial charge in [0.2, 0.25) is 11.8 Å². The van der Waals surface area contributed by atoms with Crippen molar-refractivity contribution in [2.45, 2.75) is 64.6 Å². The summed E-state index contributed by atoms with van der Waals surface area (Å²) in [6.45, 7) is 7.34. The largest absolute Gasteiger partial charge is 0.481 e. The predicted octanol–water partition coefficient (Wildman–Crippen LogP) is 2.78. The number of likely N-dealkylation sites (tertiary alicyclic amines) is 2. The SMILES string of the molecule is CC(C)(C)OC(=O)N1CCC(/C=C/C(=O)N2CCC[C@@H](C(=O)N[C@H](CC(=O)O)NC(=O)c3ccccc3)C2)CC1. The second kappa shape index (κ2) is 14.0. The van der Waals surface area contributed by atoms with Gasteiger partial charge in [0.05, 0.1) is 12.3 Å². The smallest absolute Gasteiger partial charge is 0.410 e. The van der Waals surface area contributed by atoms with E-state index in [0.717, 1.165) is 12.8 Å². The number of nitrogens with one attached hydrogen (secondary N) is 2. The molecule has 2 saturated heterocycles. The molecule has 0 aromatic heterocycles. The summed E-state index contributed by atoms with van der Waals surface area (Å²) in [5, 5.41) is 14.5. The molecule has 0 saturated carbocycles. The van der Waals surface area contributed by atoms with Gasteiger partial charge in [0.15, 0.2) is 0 Å². The average Bonchev–Trinajstić information content (AvgIpc) is 2.91. The molecule has 4 amide bonds. The van der Waals surface area contributed by atoms with Crippen LogP contribution in [0.2, 0.25) is 0 Å². The number of hydrogen-bond acceptors (Lipinski definition) is 6. The quantitative estimate of drug-likeness (QED) is 0.330. The topological polar surface area (TPSA) is 145 Å². The molecule has 2 fully saturated rings. The lowest BCUT2D eigenvalue weighted by Gasteiger charge is -2.33. The van der Waals surface area contributed by atoms with Gasteiger partial charge in [0.1, 0.15) is 11.8 Å². The number of aliphatic carboxylic acids is 1. The van der Waals surface area contributed by atoms with Crippen LogP contribution in [0, 0.1) is 11.8 Å². The van der Waals surface area contributed by atoms with Crippen LogP contribution in [0.25, 0.3) is 0 Å². The van der Waals surface area contributed by atoms with E-state index in [9.17, 15) is 29.1 Å². The Morgan fingerprint density at radius 3 is 2.30 bits per heavy atom. The van der Waals surface area contributed by atoms with Gasteiger partial charge in [-0.25, -0.2) is 4.79 Å². The fraction of sp³-hybridized carbons (Fsp3) is 0.552. The van der Waals surface area contributed by atoms with E-state index in [1.54, 1.807) is 46.2 Å². The molecule has 0 unspecified atom stereocenters. The molecule has 11 heteroatoms. The van der Waals surface area contributed by atoms with Gasteiger partial charge in [-0.3, -0.25) is 19.2 Å². The number of carboxylic acid groups (broad SMARTS) is 1. The van der Waals surface area contributed by atoms with Crippen LogP contribution in [0.3, 0.4) is 0 Å². The Balaban J connectivity index is 1.50. The number of carbonyl (C=O) groups excluding carboxylic acids is 4. The number of nitrogens with zero attached hydrogens (tertiary/aromatic N) is 2. The standard InChI is InChI=1S/C29H40N4O7/c1-29(2,3)40-28(39)32-16-13-20(14-17-32)11-12-24(34)33-15-7-10-22(19-33)27(38)31-23(18-25(35)36)30-26(37)21-8-5-4-6-9-21/h4-6,8-9,11-12,20,22-23H,7,10,13-19H2,1-3H3,(H,30,37)(H,31,38)(H,35,36)/b12-11+/t22-,23-/m1/s1. The van der Waals surface area contributed by atoms with Crippen LogP contribution in [0.5, 0.6) is 0 Å². The van der Waals surface area contributed by atoms with Crippen molar-refractivity contribution in [3.63, 3.8) is 0 Å². The first-order chi connectivity index (χ1) is 18.9. The molecule has 3 N–H and O–H groups in total. The van der Waals surface area contributed by atoms with Gasteiger partial charge in [-0.2, -0.15) is 0 Å². The molecule has 0 bridgehead atoms. The van der Waals surface area contributed by atoms with Gasteiger partial charge >= 0.3 is 12.1 Å². The maximum atomic E-state index is 13.0. The molecule has 0 radical (unpaired) electrons. The minimum absolute atomic E-state index is 0.163. The number of carboxylic acids is 1. The first-order valence-corrected chi connectivity index (χ1v) is 13.7. The Morgan fingerprint density at radius 1 is 1.00 bits per heavy atom. The normalized spacial score (nSPS) is 19.1. The van der Waals surface area contributed by atoms with Crippen molar-refractivity contribution in [1.29, 1.82) is 0 Å². The highest BCUT2D eigenvalue weighted by Gasteiger charge is 2.30. The Labute approximate surface area is 234 Å². The molecule has 218 valence electrons. The molecule has 2 atom stereocenters. The predicted molar refractivity (Wildman–Crippen MR) is 147 cm³/mol. The molecule has 1 aromatic rings. The Morgan fingerprint density at radius 2 is 1.68 bits per heavy atom. The zero-order valence-corrected chi connectivity index (χ0v) is 23.4. The minimum atomic E-state index is -1.17. The van der Waals surface area contributed by atoms with E-state index >= 15 is 0 Å². The molecule has 1 aromatic carbocycles. The molecule has 2 heterocycles. The summed E-state index contributed by atoms with van der Waals surface area (Å²) in [7, 11) is 0. The second-order valence-corrected chi connectivity index (χ2v) is 11.3. The van der Waals surface area contributed by atoms with Crippen LogP contribution in [0.15, 0.2) is 42.5 Å². The van der Waals surface area contributed by atoms with Gasteiger partial charge in [-0.1, -0.05) is 24.3 Å². The lowest BCUT2D eigenvalue weighted by molar-refractivity contribution is -0.138. The first kappa shape index (κ1) is 30.6. The first-order valence-electron chi connectivity index (χ1n) is 13.7. The minimum Gasteiger partial charge on any atom is -0.481 e. The number of allylic oxidation sites excluding steroid dienone is 1. The van der Waals surface area contributed by atoms with Crippen LogP contribution < -0.4 is 10.6 Å². The molecule has 2 aliphatic rings. The van der Waals surface area contributed by atoms with E-state index in [-0.39, 0.29) is 24.5 Å². The summed E-state index contributed by atoms with van der Waals surface area (Å²) in [6, 6.07) is 8.33. The van der Waals surface area contributed by atoms with Crippen molar-refractivity contribution in [2.24, 2.45) is 11.8 Å². The van der Waals surface area contributed by atoms with Crippen molar-refractivity contribution in [3.8, 4) is 0 Å². The Bertz CT molecular complexity index is 1090. The number of piperidine rings is 2. The van der Waals surface area contributed by atoms with Gasteiger partial charge < -0.3 is 30.3 Å². The van der Waals surface area contributed by atoms with E-state index in [1.165, 1.54) is 0 Å². The average molecular weight is 557 g/mol. The van der Waals surface area contributed by atoms with Crippen molar-refractivity contribution in [3.05, 3.63) is 48.0 Å². The fourth-order valence-electron chi connectivity index (χ4n) is 4.75. The van der Waals surface area contributed by atoms with Crippen molar-refractivity contribution in [2.75, 3.05) is 26.2 Å². The second-order valence-electron chi connectivity index (χ2n) is 11.3. The maximum absolute atomic E-state index is 13.0. The van der Waals surface area contributed by atoms with Gasteiger partial charge in [0, 0.05) is 31.7 Å². The zero-order valence-electron chi connectivity index (χ0n) is 23.4. The van der Waals surface area contributed by atoms with Gasteiger partial charge in [-0.15, -0.1) is 0 Å². The number of amides is 4. The number of hydrogen-bond donors (Lipinski definition) is 3. The zero-order chi connectivity index (χ0) is 29.3. The van der Waals surface area contributed by atoms with Crippen LogP contribution in [0.4, 0.5) is 4.79 Å². The lowest BCUT2D eigenvalue weighted by Crippen LogP contribution is -2.53. The lowest BCUT2D eigenvalue weighted by atomic mass is 9.95. The van der Waals surface area contributed by atoms with Crippen LogP contribution in [-0.2, 0) is 19.1 Å². The summed E-state index contributed by atoms with van der Waals surface area (Å²) in [5.41, 5.74) is -0.194. The van der Waals surface area contributed by atoms with Gasteiger partial charge in [-0.05, 0) is 70.6 Å². The van der Waals surface area contributed by atoms with Crippen LogP contribution in [0.1, 0.15) is 63.2 Å². The molecule has 2 aliphatic heterocycles. The Kier molecular flexibility index (Phi) is 10.7. The summed E-state index contributed by atoms with van der Waals surface area (Å²) in [6.07, 6.45) is 4.17. The number of rotatable bonds is 8. The van der Waals surface area contributed by atoms with E-state index in [1.807, 2.05) is 26.8 Å². The molecular weight excluding hydrogens is 516 g/mol.